The summed E-state index contributed by atoms with van der Waals surface area (Å²) in [7, 11) is 2.36. The summed E-state index contributed by atoms with van der Waals surface area (Å²) in [5, 5.41) is 2.47. The third-order valence-electron chi connectivity index (χ3n) is 13.4. The molecule has 4 aliphatic rings. The van der Waals surface area contributed by atoms with E-state index in [4.69, 9.17) is 4.98 Å². The highest BCUT2D eigenvalue weighted by atomic mass is 15.7. The van der Waals surface area contributed by atoms with Crippen LogP contribution in [0.2, 0.25) is 0 Å². The first-order valence-electron chi connectivity index (χ1n) is 20.4. The molecule has 2 atom stereocenters. The molecule has 0 unspecified atom stereocenters. The van der Waals surface area contributed by atoms with Crippen LogP contribution in [0.25, 0.3) is 38.8 Å². The molecule has 57 heavy (non-hydrogen) atoms. The molecule has 4 nitrogen and oxygen atoms in total. The zero-order valence-corrected chi connectivity index (χ0v) is 34.0. The van der Waals surface area contributed by atoms with Gasteiger partial charge in [-0.05, 0) is 85.7 Å². The Hall–Kier alpha value is -5.81. The largest absolute Gasteiger partial charge is 0.325 e. The topological polar surface area (TPSA) is 17.8 Å². The van der Waals surface area contributed by atoms with Gasteiger partial charge in [-0.25, -0.2) is 4.98 Å². The first kappa shape index (κ1) is 34.4. The molecule has 6 aromatic carbocycles. The van der Waals surface area contributed by atoms with Gasteiger partial charge in [-0.2, -0.15) is 0 Å². The number of para-hydroxylation sites is 1. The van der Waals surface area contributed by atoms with Crippen LogP contribution in [0.4, 0.5) is 17.1 Å². The van der Waals surface area contributed by atoms with E-state index < -0.39 is 5.41 Å². The molecule has 12 rings (SSSR count). The van der Waals surface area contributed by atoms with Gasteiger partial charge in [-0.3, -0.25) is 9.05 Å². The number of nitrogens with zero attached hydrogens (tertiary/aromatic N) is 4. The number of hydrogen-bond acceptors (Lipinski definition) is 1. The Morgan fingerprint density at radius 1 is 0.579 bits per heavy atom. The number of hydrogen-bond donors (Lipinski definition) is 0. The van der Waals surface area contributed by atoms with Crippen LogP contribution < -0.4 is 8.97 Å². The van der Waals surface area contributed by atoms with Crippen molar-refractivity contribution in [3.63, 3.8) is 0 Å². The van der Waals surface area contributed by atoms with E-state index in [9.17, 15) is 0 Å². The maximum Gasteiger partial charge on any atom is 0.181 e. The van der Waals surface area contributed by atoms with Crippen molar-refractivity contribution in [2.45, 2.75) is 57.8 Å². The Morgan fingerprint density at radius 2 is 1.21 bits per heavy atom. The molecule has 280 valence electrons. The first-order valence-corrected chi connectivity index (χ1v) is 20.4. The molecule has 5 heterocycles. The molecular weight excluding hydrogens is 693 g/mol. The van der Waals surface area contributed by atoms with E-state index >= 15 is 0 Å². The zero-order valence-electron chi connectivity index (χ0n) is 34.0. The van der Waals surface area contributed by atoms with Gasteiger partial charge >= 0.3 is 0 Å². The molecule has 3 aliphatic heterocycles. The summed E-state index contributed by atoms with van der Waals surface area (Å²) in [5.74, 6) is 0.946. The Balaban J connectivity index is 1.19. The molecule has 1 saturated heterocycles. The van der Waals surface area contributed by atoms with Crippen molar-refractivity contribution in [3.05, 3.63) is 192 Å². The monoisotopic (exact) mass is 741 g/mol. The van der Waals surface area contributed by atoms with Gasteiger partial charge < -0.3 is 4.48 Å². The average Bonchev–Trinajstić information content (AvgIpc) is 3.86. The number of pyridine rings is 1. The summed E-state index contributed by atoms with van der Waals surface area (Å²) in [6, 6.07) is 55.5. The van der Waals surface area contributed by atoms with Gasteiger partial charge in [0.05, 0.1) is 30.2 Å². The van der Waals surface area contributed by atoms with Gasteiger partial charge in [-0.15, -0.1) is 0 Å². The second kappa shape index (κ2) is 11.4. The van der Waals surface area contributed by atoms with Gasteiger partial charge in [0.2, 0.25) is 0 Å². The van der Waals surface area contributed by atoms with Crippen molar-refractivity contribution >= 4 is 38.9 Å². The summed E-state index contributed by atoms with van der Waals surface area (Å²) < 4.78 is 4.00. The number of quaternary nitrogens is 2. The molecule has 0 N–H and O–H groups in total. The highest BCUT2D eigenvalue weighted by Gasteiger charge is 2.60. The first-order chi connectivity index (χ1) is 27.3. The van der Waals surface area contributed by atoms with Gasteiger partial charge in [0.15, 0.2) is 18.0 Å². The summed E-state index contributed by atoms with van der Waals surface area (Å²) in [5.41, 5.74) is 16.4. The molecular formula is C53H49N4+. The Morgan fingerprint density at radius 3 is 1.93 bits per heavy atom. The minimum atomic E-state index is -0.559. The van der Waals surface area contributed by atoms with Gasteiger partial charge in [0, 0.05) is 35.2 Å². The van der Waals surface area contributed by atoms with Crippen LogP contribution in [0, 0.1) is 6.67 Å². The molecule has 1 fully saturated rings. The van der Waals surface area contributed by atoms with Crippen LogP contribution in [0.3, 0.4) is 0 Å². The highest BCUT2D eigenvalue weighted by Crippen LogP contribution is 2.62. The molecule has 1 aliphatic carbocycles. The summed E-state index contributed by atoms with van der Waals surface area (Å²) in [4.78, 5) is 5.04. The predicted molar refractivity (Wildman–Crippen MR) is 238 cm³/mol. The van der Waals surface area contributed by atoms with E-state index in [2.05, 4.69) is 205 Å². The fourth-order valence-electron chi connectivity index (χ4n) is 10.6. The number of fused-ring (bicyclic) bond motifs is 6. The minimum Gasteiger partial charge on any atom is -0.325 e. The maximum absolute atomic E-state index is 5.04. The zero-order chi connectivity index (χ0) is 39.1. The Labute approximate surface area is 336 Å². The van der Waals surface area contributed by atoms with Crippen molar-refractivity contribution in [2.24, 2.45) is 0 Å². The summed E-state index contributed by atoms with van der Waals surface area (Å²) in [6.07, 6.45) is 1.97. The lowest BCUT2D eigenvalue weighted by atomic mass is 9.67. The molecule has 0 saturated carbocycles. The number of benzene rings is 6. The lowest BCUT2D eigenvalue weighted by molar-refractivity contribution is 0.157. The second-order valence-corrected chi connectivity index (χ2v) is 19.0. The molecule has 8 aromatic rings. The fraction of sp³-hybridized carbons (Fsp3) is 0.208. The fourth-order valence-corrected chi connectivity index (χ4v) is 10.6. The number of rotatable bonds is 4. The molecule has 0 amide bonds. The van der Waals surface area contributed by atoms with Gasteiger partial charge in [0.1, 0.15) is 11.5 Å². The van der Waals surface area contributed by atoms with Crippen LogP contribution in [0.5, 0.6) is 0 Å². The van der Waals surface area contributed by atoms with E-state index in [0.29, 0.717) is 0 Å². The van der Waals surface area contributed by atoms with Crippen molar-refractivity contribution in [1.82, 2.24) is 18.5 Å². The van der Waals surface area contributed by atoms with Crippen molar-refractivity contribution in [3.8, 4) is 16.9 Å². The van der Waals surface area contributed by atoms with Gasteiger partial charge in [0.25, 0.3) is 0 Å². The van der Waals surface area contributed by atoms with E-state index in [-0.39, 0.29) is 10.8 Å². The van der Waals surface area contributed by atoms with E-state index in [1.165, 1.54) is 83.4 Å². The lowest BCUT2D eigenvalue weighted by Crippen LogP contribution is -2.68. The SMILES string of the molecule is CC(C)(C)c1ccnc(-n2c3ccccc3c3ccc(C4(c5cccc([N@@+]67[CH-][N@@+](C)(C6)c6ccc(C(C)(C)C)cc67)c5)c5ccccc5-c5ccccc54)cc32)c1. The quantitative estimate of drug-likeness (QED) is 0.130. The van der Waals surface area contributed by atoms with Gasteiger partial charge in [-0.1, -0.05) is 139 Å². The lowest BCUT2D eigenvalue weighted by Gasteiger charge is -2.55. The van der Waals surface area contributed by atoms with Crippen molar-refractivity contribution in [2.75, 3.05) is 13.7 Å². The summed E-state index contributed by atoms with van der Waals surface area (Å²) in [6.45, 7) is 17.3. The Kier molecular flexibility index (Phi) is 6.89. The summed E-state index contributed by atoms with van der Waals surface area (Å²) >= 11 is 0. The number of aromatic nitrogens is 2. The second-order valence-electron chi connectivity index (χ2n) is 19.0. The highest BCUT2D eigenvalue weighted by molar-refractivity contribution is 6.09. The molecule has 0 radical (unpaired) electrons. The Bertz CT molecular complexity index is 2920. The predicted octanol–water partition coefficient (Wildman–Crippen LogP) is 12.8. The van der Waals surface area contributed by atoms with Crippen LogP contribution >= 0.6 is 0 Å². The standard InChI is InChI=1S/C53H49N4/c1-51(2,3)35-24-26-48-49(31-35)57(33-56(48,7)34-57)39-16-14-15-37(29-39)53(44-20-11-8-17-40(44)41-18-9-12-21-45(41)53)38-23-25-43-42-19-10-13-22-46(42)55(47(43)30-38)50-32-36(27-28-54-50)52(4,5)6/h8-33H,34H2,1-7H3/q+1/t56-,57+/m0/s1. The third kappa shape index (κ3) is 4.60. The van der Waals surface area contributed by atoms with E-state index in [0.717, 1.165) is 21.5 Å². The molecule has 4 heteroatoms. The normalized spacial score (nSPS) is 20.3. The van der Waals surface area contributed by atoms with Crippen LogP contribution in [-0.4, -0.2) is 23.3 Å². The third-order valence-corrected chi connectivity index (χ3v) is 13.4. The smallest absolute Gasteiger partial charge is 0.181 e. The van der Waals surface area contributed by atoms with Crippen LogP contribution in [0.15, 0.2) is 152 Å². The molecule has 0 spiro atoms. The van der Waals surface area contributed by atoms with E-state index in [1.807, 2.05) is 6.20 Å². The van der Waals surface area contributed by atoms with Crippen molar-refractivity contribution < 1.29 is 0 Å². The maximum atomic E-state index is 5.04. The van der Waals surface area contributed by atoms with E-state index in [1.54, 1.807) is 0 Å². The average molecular weight is 742 g/mol. The van der Waals surface area contributed by atoms with Crippen LogP contribution in [-0.2, 0) is 16.2 Å². The van der Waals surface area contributed by atoms with Crippen LogP contribution in [0.1, 0.15) is 74.9 Å². The minimum absolute atomic E-state index is 0.00566. The molecule has 2 bridgehead atoms. The molecule has 2 aromatic heterocycles. The van der Waals surface area contributed by atoms with Crippen molar-refractivity contribution in [1.29, 1.82) is 0 Å².